The van der Waals surface area contributed by atoms with Gasteiger partial charge in [0.1, 0.15) is 0 Å². The van der Waals surface area contributed by atoms with Gasteiger partial charge in [-0.05, 0) is 23.9 Å². The Morgan fingerprint density at radius 2 is 1.80 bits per heavy atom. The van der Waals surface area contributed by atoms with Crippen molar-refractivity contribution in [3.8, 4) is 0 Å². The molecule has 6 heteroatoms. The van der Waals surface area contributed by atoms with Gasteiger partial charge >= 0.3 is 0 Å². The van der Waals surface area contributed by atoms with Gasteiger partial charge in [0, 0.05) is 59.9 Å². The highest BCUT2D eigenvalue weighted by atomic mass is 32.2. The number of carbonyl (C=O) groups is 1. The Balaban J connectivity index is 1.42. The SMILES string of the molecule is O=C(c1cc2ccccc2s1)N1CCCN(C2CSCCSC2)CC1. The van der Waals surface area contributed by atoms with Crippen molar-refractivity contribution in [2.24, 2.45) is 0 Å². The Morgan fingerprint density at radius 1 is 1.00 bits per heavy atom. The van der Waals surface area contributed by atoms with Crippen molar-refractivity contribution < 1.29 is 4.79 Å². The molecule has 0 unspecified atom stereocenters. The first kappa shape index (κ1) is 17.7. The van der Waals surface area contributed by atoms with E-state index in [1.54, 1.807) is 11.3 Å². The van der Waals surface area contributed by atoms with Crippen molar-refractivity contribution in [2.45, 2.75) is 12.5 Å². The number of fused-ring (bicyclic) bond motifs is 1. The fraction of sp³-hybridized carbons (Fsp3) is 0.526. The van der Waals surface area contributed by atoms with Gasteiger partial charge in [0.25, 0.3) is 5.91 Å². The summed E-state index contributed by atoms with van der Waals surface area (Å²) in [6, 6.07) is 11.0. The van der Waals surface area contributed by atoms with Crippen LogP contribution in [0.5, 0.6) is 0 Å². The molecule has 134 valence electrons. The van der Waals surface area contributed by atoms with Gasteiger partial charge in [0.05, 0.1) is 4.88 Å². The lowest BCUT2D eigenvalue weighted by Gasteiger charge is -2.29. The molecular weight excluding hydrogens is 368 g/mol. The summed E-state index contributed by atoms with van der Waals surface area (Å²) < 4.78 is 1.20. The molecule has 2 saturated heterocycles. The Kier molecular flexibility index (Phi) is 5.90. The monoisotopic (exact) mass is 392 g/mol. The molecule has 3 nitrogen and oxygen atoms in total. The van der Waals surface area contributed by atoms with Crippen molar-refractivity contribution in [3.63, 3.8) is 0 Å². The topological polar surface area (TPSA) is 23.6 Å². The molecule has 0 bridgehead atoms. The minimum Gasteiger partial charge on any atom is -0.337 e. The zero-order chi connectivity index (χ0) is 17.1. The van der Waals surface area contributed by atoms with Crippen LogP contribution in [-0.4, -0.2) is 70.9 Å². The number of nitrogens with zero attached hydrogens (tertiary/aromatic N) is 2. The van der Waals surface area contributed by atoms with Gasteiger partial charge in [-0.1, -0.05) is 18.2 Å². The standard InChI is InChI=1S/C19H24N2OS3/c22-19(18-12-15-4-1-2-5-17(15)25-18)21-7-3-6-20(8-9-21)16-13-23-10-11-24-14-16/h1-2,4-5,12,16H,3,6-11,13-14H2. The van der Waals surface area contributed by atoms with E-state index < -0.39 is 0 Å². The summed E-state index contributed by atoms with van der Waals surface area (Å²) in [5.41, 5.74) is 0. The van der Waals surface area contributed by atoms with E-state index in [2.05, 4.69) is 51.5 Å². The molecule has 3 heterocycles. The predicted molar refractivity (Wildman–Crippen MR) is 112 cm³/mol. The maximum absolute atomic E-state index is 13.0. The molecule has 0 atom stereocenters. The molecule has 2 aliphatic heterocycles. The van der Waals surface area contributed by atoms with Gasteiger partial charge in [-0.2, -0.15) is 23.5 Å². The summed E-state index contributed by atoms with van der Waals surface area (Å²) in [7, 11) is 0. The van der Waals surface area contributed by atoms with E-state index in [9.17, 15) is 4.79 Å². The number of amides is 1. The van der Waals surface area contributed by atoms with Crippen molar-refractivity contribution in [3.05, 3.63) is 35.2 Å². The summed E-state index contributed by atoms with van der Waals surface area (Å²) in [5, 5.41) is 1.18. The largest absolute Gasteiger partial charge is 0.337 e. The van der Waals surface area contributed by atoms with Crippen LogP contribution in [-0.2, 0) is 0 Å². The van der Waals surface area contributed by atoms with Crippen molar-refractivity contribution in [2.75, 3.05) is 49.2 Å². The Hall–Kier alpha value is -0.690. The molecule has 2 aliphatic rings. The second-order valence-electron chi connectivity index (χ2n) is 6.63. The van der Waals surface area contributed by atoms with E-state index in [4.69, 9.17) is 0 Å². The van der Waals surface area contributed by atoms with E-state index in [1.807, 2.05) is 12.1 Å². The Bertz CT molecular complexity index is 691. The van der Waals surface area contributed by atoms with Crippen LogP contribution in [0.2, 0.25) is 0 Å². The highest BCUT2D eigenvalue weighted by molar-refractivity contribution is 8.03. The molecule has 2 fully saturated rings. The number of thioether (sulfide) groups is 2. The summed E-state index contributed by atoms with van der Waals surface area (Å²) >= 11 is 5.80. The van der Waals surface area contributed by atoms with Crippen LogP contribution in [0.25, 0.3) is 10.1 Å². The minimum absolute atomic E-state index is 0.215. The van der Waals surface area contributed by atoms with Gasteiger partial charge in [0.15, 0.2) is 0 Å². The normalized spacial score (nSPS) is 21.2. The Labute approximate surface area is 162 Å². The predicted octanol–water partition coefficient (Wildman–Crippen LogP) is 3.90. The molecule has 0 N–H and O–H groups in total. The zero-order valence-corrected chi connectivity index (χ0v) is 16.8. The average molecular weight is 393 g/mol. The molecule has 0 spiro atoms. The molecule has 25 heavy (non-hydrogen) atoms. The van der Waals surface area contributed by atoms with Crippen LogP contribution in [0.3, 0.4) is 0 Å². The van der Waals surface area contributed by atoms with Gasteiger partial charge in [-0.25, -0.2) is 0 Å². The second kappa shape index (κ2) is 8.33. The number of carbonyl (C=O) groups excluding carboxylic acids is 1. The first-order valence-corrected chi connectivity index (χ1v) is 12.1. The fourth-order valence-corrected chi connectivity index (χ4v) is 7.22. The van der Waals surface area contributed by atoms with Gasteiger partial charge < -0.3 is 4.90 Å². The van der Waals surface area contributed by atoms with Crippen LogP contribution in [0.1, 0.15) is 16.1 Å². The second-order valence-corrected chi connectivity index (χ2v) is 10.0. The molecule has 0 aliphatic carbocycles. The van der Waals surface area contributed by atoms with Crippen molar-refractivity contribution >= 4 is 50.9 Å². The molecule has 0 saturated carbocycles. The van der Waals surface area contributed by atoms with Crippen LogP contribution in [0, 0.1) is 0 Å². The fourth-order valence-electron chi connectivity index (χ4n) is 3.56. The number of rotatable bonds is 2. The van der Waals surface area contributed by atoms with Gasteiger partial charge in [-0.15, -0.1) is 11.3 Å². The van der Waals surface area contributed by atoms with Crippen LogP contribution in [0.15, 0.2) is 30.3 Å². The Morgan fingerprint density at radius 3 is 2.60 bits per heavy atom. The number of hydrogen-bond acceptors (Lipinski definition) is 5. The molecule has 4 rings (SSSR count). The smallest absolute Gasteiger partial charge is 0.264 e. The third-order valence-corrected chi connectivity index (χ3v) is 8.55. The summed E-state index contributed by atoms with van der Waals surface area (Å²) in [4.78, 5) is 18.6. The lowest BCUT2D eigenvalue weighted by Crippen LogP contribution is -2.41. The lowest BCUT2D eigenvalue weighted by atomic mass is 10.2. The van der Waals surface area contributed by atoms with E-state index in [-0.39, 0.29) is 5.91 Å². The molecule has 0 radical (unpaired) electrons. The van der Waals surface area contributed by atoms with E-state index in [0.29, 0.717) is 6.04 Å². The van der Waals surface area contributed by atoms with Gasteiger partial charge in [0.2, 0.25) is 0 Å². The molecule has 1 aromatic heterocycles. The van der Waals surface area contributed by atoms with E-state index in [1.165, 1.54) is 33.1 Å². The highest BCUT2D eigenvalue weighted by Crippen LogP contribution is 2.27. The highest BCUT2D eigenvalue weighted by Gasteiger charge is 2.26. The van der Waals surface area contributed by atoms with E-state index >= 15 is 0 Å². The third kappa shape index (κ3) is 4.18. The van der Waals surface area contributed by atoms with Crippen LogP contribution >= 0.6 is 34.9 Å². The number of thiophene rings is 1. The maximum atomic E-state index is 13.0. The quantitative estimate of drug-likeness (QED) is 0.773. The van der Waals surface area contributed by atoms with Crippen molar-refractivity contribution in [1.82, 2.24) is 9.80 Å². The van der Waals surface area contributed by atoms with Crippen LogP contribution in [0.4, 0.5) is 0 Å². The van der Waals surface area contributed by atoms with Crippen LogP contribution < -0.4 is 0 Å². The van der Waals surface area contributed by atoms with E-state index in [0.717, 1.165) is 37.5 Å². The maximum Gasteiger partial charge on any atom is 0.264 e. The first-order chi connectivity index (χ1) is 12.3. The zero-order valence-electron chi connectivity index (χ0n) is 14.4. The average Bonchev–Trinajstić information content (AvgIpc) is 2.81. The number of benzene rings is 1. The van der Waals surface area contributed by atoms with Gasteiger partial charge in [-0.3, -0.25) is 9.69 Å². The van der Waals surface area contributed by atoms with Crippen molar-refractivity contribution in [1.29, 1.82) is 0 Å². The molecule has 2 aromatic rings. The summed E-state index contributed by atoms with van der Waals surface area (Å²) in [5.74, 6) is 5.28. The molecular formula is C19H24N2OS3. The number of hydrogen-bond donors (Lipinski definition) is 0. The minimum atomic E-state index is 0.215. The third-order valence-electron chi connectivity index (χ3n) is 4.96. The summed E-state index contributed by atoms with van der Waals surface area (Å²) in [6.07, 6.45) is 1.09. The summed E-state index contributed by atoms with van der Waals surface area (Å²) in [6.45, 7) is 3.89. The molecule has 1 aromatic carbocycles. The molecule has 1 amide bonds. The lowest BCUT2D eigenvalue weighted by molar-refractivity contribution is 0.0764. The first-order valence-electron chi connectivity index (χ1n) is 8.98.